The Morgan fingerprint density at radius 2 is 2.04 bits per heavy atom. The molecule has 0 spiro atoms. The van der Waals surface area contributed by atoms with E-state index in [1.165, 1.54) is 11.3 Å². The SMILES string of the molecule is COc1ccc(CC(=O)NCC2CCN(c3cccc(C)c3)C2)cc1. The van der Waals surface area contributed by atoms with Gasteiger partial charge in [0, 0.05) is 25.3 Å². The third kappa shape index (κ3) is 4.75. The van der Waals surface area contributed by atoms with Gasteiger partial charge in [-0.25, -0.2) is 0 Å². The van der Waals surface area contributed by atoms with Crippen LogP contribution in [0, 0.1) is 12.8 Å². The minimum absolute atomic E-state index is 0.0826. The highest BCUT2D eigenvalue weighted by Gasteiger charge is 2.23. The number of aryl methyl sites for hydroxylation is 1. The quantitative estimate of drug-likeness (QED) is 0.879. The monoisotopic (exact) mass is 338 g/mol. The maximum atomic E-state index is 12.2. The van der Waals surface area contributed by atoms with Crippen molar-refractivity contribution in [1.82, 2.24) is 5.32 Å². The Morgan fingerprint density at radius 3 is 2.76 bits per heavy atom. The molecular formula is C21H26N2O2. The van der Waals surface area contributed by atoms with Crippen molar-refractivity contribution in [3.63, 3.8) is 0 Å². The number of anilines is 1. The fourth-order valence-corrected chi connectivity index (χ4v) is 3.31. The molecule has 1 saturated heterocycles. The first-order valence-electron chi connectivity index (χ1n) is 8.85. The number of carbonyl (C=O) groups excluding carboxylic acids is 1. The van der Waals surface area contributed by atoms with Gasteiger partial charge in [-0.05, 0) is 54.7 Å². The van der Waals surface area contributed by atoms with Crippen LogP contribution in [-0.4, -0.2) is 32.7 Å². The highest BCUT2D eigenvalue weighted by molar-refractivity contribution is 5.78. The first kappa shape index (κ1) is 17.3. The molecule has 1 N–H and O–H groups in total. The van der Waals surface area contributed by atoms with Crippen LogP contribution < -0.4 is 15.0 Å². The van der Waals surface area contributed by atoms with Gasteiger partial charge in [0.05, 0.1) is 13.5 Å². The van der Waals surface area contributed by atoms with Crippen LogP contribution in [0.2, 0.25) is 0 Å². The van der Waals surface area contributed by atoms with Gasteiger partial charge in [-0.3, -0.25) is 4.79 Å². The lowest BCUT2D eigenvalue weighted by atomic mass is 10.1. The molecule has 1 aliphatic heterocycles. The van der Waals surface area contributed by atoms with Crippen molar-refractivity contribution in [3.05, 3.63) is 59.7 Å². The van der Waals surface area contributed by atoms with Crippen LogP contribution in [0.5, 0.6) is 5.75 Å². The van der Waals surface area contributed by atoms with Crippen LogP contribution in [0.25, 0.3) is 0 Å². The molecule has 1 fully saturated rings. The van der Waals surface area contributed by atoms with Crippen LogP contribution in [0.15, 0.2) is 48.5 Å². The van der Waals surface area contributed by atoms with Gasteiger partial charge < -0.3 is 15.0 Å². The number of nitrogens with zero attached hydrogens (tertiary/aromatic N) is 1. The largest absolute Gasteiger partial charge is 0.497 e. The summed E-state index contributed by atoms with van der Waals surface area (Å²) >= 11 is 0. The molecule has 2 aromatic rings. The molecule has 1 aliphatic rings. The second-order valence-corrected chi connectivity index (χ2v) is 6.77. The molecule has 25 heavy (non-hydrogen) atoms. The zero-order chi connectivity index (χ0) is 17.6. The summed E-state index contributed by atoms with van der Waals surface area (Å²) in [5.74, 6) is 1.41. The van der Waals surface area contributed by atoms with E-state index in [0.717, 1.165) is 37.4 Å². The Morgan fingerprint density at radius 1 is 1.24 bits per heavy atom. The minimum atomic E-state index is 0.0826. The van der Waals surface area contributed by atoms with Crippen LogP contribution in [-0.2, 0) is 11.2 Å². The van der Waals surface area contributed by atoms with E-state index in [0.29, 0.717) is 12.3 Å². The molecule has 1 unspecified atom stereocenters. The van der Waals surface area contributed by atoms with Crippen molar-refractivity contribution < 1.29 is 9.53 Å². The zero-order valence-electron chi connectivity index (χ0n) is 15.0. The maximum absolute atomic E-state index is 12.2. The Hall–Kier alpha value is -2.49. The number of nitrogens with one attached hydrogen (secondary N) is 1. The van der Waals surface area contributed by atoms with Gasteiger partial charge in [0.15, 0.2) is 0 Å². The van der Waals surface area contributed by atoms with Crippen LogP contribution in [0.1, 0.15) is 17.5 Å². The summed E-state index contributed by atoms with van der Waals surface area (Å²) in [5.41, 5.74) is 3.58. The number of ether oxygens (including phenoxy) is 1. The Kier molecular flexibility index (Phi) is 5.59. The van der Waals surface area contributed by atoms with Crippen molar-refractivity contribution >= 4 is 11.6 Å². The van der Waals surface area contributed by atoms with Gasteiger partial charge >= 0.3 is 0 Å². The van der Waals surface area contributed by atoms with E-state index in [1.54, 1.807) is 7.11 Å². The average Bonchev–Trinajstić information content (AvgIpc) is 3.10. The molecule has 0 bridgehead atoms. The van der Waals surface area contributed by atoms with Gasteiger partial charge in [0.1, 0.15) is 5.75 Å². The third-order valence-corrected chi connectivity index (χ3v) is 4.76. The molecule has 0 aliphatic carbocycles. The topological polar surface area (TPSA) is 41.6 Å². The van der Waals surface area contributed by atoms with Gasteiger partial charge in [0.25, 0.3) is 0 Å². The van der Waals surface area contributed by atoms with Gasteiger partial charge in [0.2, 0.25) is 5.91 Å². The Labute approximate surface area is 149 Å². The molecule has 2 aromatic carbocycles. The van der Waals surface area contributed by atoms with E-state index < -0.39 is 0 Å². The molecule has 3 rings (SSSR count). The molecular weight excluding hydrogens is 312 g/mol. The number of methoxy groups -OCH3 is 1. The fourth-order valence-electron chi connectivity index (χ4n) is 3.31. The van der Waals surface area contributed by atoms with E-state index in [-0.39, 0.29) is 5.91 Å². The second kappa shape index (κ2) is 8.06. The van der Waals surface area contributed by atoms with E-state index >= 15 is 0 Å². The molecule has 4 heteroatoms. The molecule has 1 heterocycles. The molecule has 1 amide bonds. The van der Waals surface area contributed by atoms with Gasteiger partial charge in [-0.15, -0.1) is 0 Å². The number of amides is 1. The maximum Gasteiger partial charge on any atom is 0.224 e. The summed E-state index contributed by atoms with van der Waals surface area (Å²) in [6.45, 7) is 4.93. The van der Waals surface area contributed by atoms with E-state index in [4.69, 9.17) is 4.74 Å². The molecule has 132 valence electrons. The summed E-state index contributed by atoms with van der Waals surface area (Å²) in [5, 5.41) is 3.09. The average molecular weight is 338 g/mol. The summed E-state index contributed by atoms with van der Waals surface area (Å²) in [7, 11) is 1.64. The number of benzene rings is 2. The molecule has 0 saturated carbocycles. The lowest BCUT2D eigenvalue weighted by molar-refractivity contribution is -0.120. The molecule has 4 nitrogen and oxygen atoms in total. The standard InChI is InChI=1S/C21H26N2O2/c1-16-4-3-5-19(12-16)23-11-10-18(15-23)14-22-21(24)13-17-6-8-20(25-2)9-7-17/h3-9,12,18H,10-11,13-15H2,1-2H3,(H,22,24). The lowest BCUT2D eigenvalue weighted by Crippen LogP contribution is -2.32. The normalized spacial score (nSPS) is 16.7. The summed E-state index contributed by atoms with van der Waals surface area (Å²) < 4.78 is 5.14. The predicted molar refractivity (Wildman–Crippen MR) is 101 cm³/mol. The third-order valence-electron chi connectivity index (χ3n) is 4.76. The van der Waals surface area contributed by atoms with Gasteiger partial charge in [-0.1, -0.05) is 24.3 Å². The summed E-state index contributed by atoms with van der Waals surface area (Å²) in [4.78, 5) is 14.6. The lowest BCUT2D eigenvalue weighted by Gasteiger charge is -2.19. The predicted octanol–water partition coefficient (Wildman–Crippen LogP) is 3.19. The first-order chi connectivity index (χ1) is 12.1. The smallest absolute Gasteiger partial charge is 0.224 e. The van der Waals surface area contributed by atoms with E-state index in [2.05, 4.69) is 41.4 Å². The Balaban J connectivity index is 1.45. The van der Waals surface area contributed by atoms with Crippen molar-refractivity contribution in [2.45, 2.75) is 19.8 Å². The second-order valence-electron chi connectivity index (χ2n) is 6.77. The zero-order valence-corrected chi connectivity index (χ0v) is 15.0. The number of rotatable bonds is 6. The molecule has 0 aromatic heterocycles. The fraction of sp³-hybridized carbons (Fsp3) is 0.381. The Bertz CT molecular complexity index is 712. The van der Waals surface area contributed by atoms with Crippen molar-refractivity contribution in [2.24, 2.45) is 5.92 Å². The van der Waals surface area contributed by atoms with Crippen LogP contribution in [0.4, 0.5) is 5.69 Å². The molecule has 1 atom stereocenters. The van der Waals surface area contributed by atoms with Crippen LogP contribution >= 0.6 is 0 Å². The van der Waals surface area contributed by atoms with E-state index in [9.17, 15) is 4.79 Å². The highest BCUT2D eigenvalue weighted by atomic mass is 16.5. The van der Waals surface area contributed by atoms with Crippen molar-refractivity contribution in [1.29, 1.82) is 0 Å². The van der Waals surface area contributed by atoms with Crippen LogP contribution in [0.3, 0.4) is 0 Å². The first-order valence-corrected chi connectivity index (χ1v) is 8.85. The van der Waals surface area contributed by atoms with E-state index in [1.807, 2.05) is 24.3 Å². The number of hydrogen-bond donors (Lipinski definition) is 1. The van der Waals surface area contributed by atoms with Crippen molar-refractivity contribution in [2.75, 3.05) is 31.6 Å². The van der Waals surface area contributed by atoms with Crippen molar-refractivity contribution in [3.8, 4) is 5.75 Å². The minimum Gasteiger partial charge on any atom is -0.497 e. The summed E-state index contributed by atoms with van der Waals surface area (Å²) in [6, 6.07) is 16.3. The van der Waals surface area contributed by atoms with Gasteiger partial charge in [-0.2, -0.15) is 0 Å². The number of carbonyl (C=O) groups is 1. The number of hydrogen-bond acceptors (Lipinski definition) is 3. The highest BCUT2D eigenvalue weighted by Crippen LogP contribution is 2.24. The summed E-state index contributed by atoms with van der Waals surface area (Å²) in [6.07, 6.45) is 1.54. The molecule has 0 radical (unpaired) electrons.